The number of hydrogen-bond donors (Lipinski definition) is 2. The first-order chi connectivity index (χ1) is 13.3. The lowest BCUT2D eigenvalue weighted by Gasteiger charge is -2.20. The summed E-state index contributed by atoms with van der Waals surface area (Å²) in [6.07, 6.45) is 1.32. The van der Waals surface area contributed by atoms with Gasteiger partial charge in [0.2, 0.25) is 0 Å². The van der Waals surface area contributed by atoms with Gasteiger partial charge in [0.1, 0.15) is 6.04 Å². The first-order valence-corrected chi connectivity index (χ1v) is 8.73. The van der Waals surface area contributed by atoms with E-state index in [1.54, 1.807) is 49.4 Å². The predicted molar refractivity (Wildman–Crippen MR) is 106 cm³/mol. The topological polar surface area (TPSA) is 114 Å². The Morgan fingerprint density at radius 1 is 1.14 bits per heavy atom. The van der Waals surface area contributed by atoms with Crippen LogP contribution in [-0.4, -0.2) is 29.0 Å². The highest BCUT2D eigenvalue weighted by molar-refractivity contribution is 5.97. The Hall–Kier alpha value is -3.55. The standard InChI is InChI=1S/C20H22N4O4/c1-13(2)18(22-19(25)16-7-5-4-6-8-16)20(26)23-21-12-15-10-9-14(3)17(11-15)24(27)28/h4-13,18H,1-3H3,(H,22,25)(H,23,26). The van der Waals surface area contributed by atoms with Crippen LogP contribution in [0.3, 0.4) is 0 Å². The van der Waals surface area contributed by atoms with Gasteiger partial charge >= 0.3 is 0 Å². The number of nitro benzene ring substituents is 1. The molecule has 0 bridgehead atoms. The lowest BCUT2D eigenvalue weighted by atomic mass is 10.0. The van der Waals surface area contributed by atoms with Crippen molar-refractivity contribution in [2.24, 2.45) is 11.0 Å². The molecule has 0 fully saturated rings. The van der Waals surface area contributed by atoms with Crippen LogP contribution in [0.1, 0.15) is 35.3 Å². The van der Waals surface area contributed by atoms with Gasteiger partial charge in [-0.3, -0.25) is 19.7 Å². The van der Waals surface area contributed by atoms with Crippen LogP contribution in [0.2, 0.25) is 0 Å². The van der Waals surface area contributed by atoms with Gasteiger partial charge in [0.25, 0.3) is 17.5 Å². The van der Waals surface area contributed by atoms with Gasteiger partial charge in [-0.1, -0.05) is 44.2 Å². The highest BCUT2D eigenvalue weighted by Crippen LogP contribution is 2.18. The Balaban J connectivity index is 2.04. The zero-order valence-electron chi connectivity index (χ0n) is 15.9. The number of amides is 2. The number of carbonyl (C=O) groups excluding carboxylic acids is 2. The van der Waals surface area contributed by atoms with E-state index in [4.69, 9.17) is 0 Å². The number of benzene rings is 2. The van der Waals surface area contributed by atoms with Crippen LogP contribution in [0.5, 0.6) is 0 Å². The minimum Gasteiger partial charge on any atom is -0.340 e. The molecule has 28 heavy (non-hydrogen) atoms. The van der Waals surface area contributed by atoms with Crippen LogP contribution in [0.25, 0.3) is 0 Å². The highest BCUT2D eigenvalue weighted by atomic mass is 16.6. The fourth-order valence-electron chi connectivity index (χ4n) is 2.49. The summed E-state index contributed by atoms with van der Waals surface area (Å²) in [7, 11) is 0. The van der Waals surface area contributed by atoms with E-state index < -0.39 is 16.9 Å². The molecule has 146 valence electrons. The molecular weight excluding hydrogens is 360 g/mol. The molecule has 0 aliphatic heterocycles. The molecule has 0 spiro atoms. The summed E-state index contributed by atoms with van der Waals surface area (Å²) in [6, 6.07) is 12.5. The maximum absolute atomic E-state index is 12.4. The second kappa shape index (κ2) is 9.40. The van der Waals surface area contributed by atoms with Crippen LogP contribution in [-0.2, 0) is 4.79 Å². The number of hydrogen-bond acceptors (Lipinski definition) is 5. The second-order valence-electron chi connectivity index (χ2n) is 6.60. The zero-order chi connectivity index (χ0) is 20.7. The SMILES string of the molecule is Cc1ccc(C=NNC(=O)C(NC(=O)c2ccccc2)C(C)C)cc1[N+](=O)[O-]. The first kappa shape index (κ1) is 20.8. The van der Waals surface area contributed by atoms with Gasteiger partial charge in [-0.05, 0) is 25.0 Å². The van der Waals surface area contributed by atoms with Crippen LogP contribution in [0, 0.1) is 23.0 Å². The van der Waals surface area contributed by atoms with Crippen LogP contribution >= 0.6 is 0 Å². The van der Waals surface area contributed by atoms with Crippen LogP contribution in [0.4, 0.5) is 5.69 Å². The van der Waals surface area contributed by atoms with E-state index in [-0.39, 0.29) is 17.5 Å². The van der Waals surface area contributed by atoms with E-state index in [2.05, 4.69) is 15.8 Å². The fraction of sp³-hybridized carbons (Fsp3) is 0.250. The lowest BCUT2D eigenvalue weighted by molar-refractivity contribution is -0.385. The molecule has 0 saturated heterocycles. The molecule has 2 aromatic rings. The monoisotopic (exact) mass is 382 g/mol. The van der Waals surface area contributed by atoms with Crippen molar-refractivity contribution in [3.8, 4) is 0 Å². The van der Waals surface area contributed by atoms with E-state index in [0.717, 1.165) is 0 Å². The molecule has 1 atom stereocenters. The highest BCUT2D eigenvalue weighted by Gasteiger charge is 2.24. The van der Waals surface area contributed by atoms with Crippen molar-refractivity contribution in [3.05, 3.63) is 75.3 Å². The average molecular weight is 382 g/mol. The Kier molecular flexibility index (Phi) is 6.97. The number of carbonyl (C=O) groups is 2. The lowest BCUT2D eigenvalue weighted by Crippen LogP contribution is -2.48. The Bertz CT molecular complexity index is 894. The van der Waals surface area contributed by atoms with Gasteiger partial charge in [-0.2, -0.15) is 5.10 Å². The molecule has 8 nitrogen and oxygen atoms in total. The van der Waals surface area contributed by atoms with Crippen LogP contribution in [0.15, 0.2) is 53.6 Å². The van der Waals surface area contributed by atoms with Crippen molar-refractivity contribution in [1.29, 1.82) is 0 Å². The van der Waals surface area contributed by atoms with Gasteiger partial charge in [-0.25, -0.2) is 5.43 Å². The van der Waals surface area contributed by atoms with E-state index >= 15 is 0 Å². The van der Waals surface area contributed by atoms with Gasteiger partial charge in [0, 0.05) is 22.8 Å². The molecular formula is C20H22N4O4. The average Bonchev–Trinajstić information content (AvgIpc) is 2.67. The first-order valence-electron chi connectivity index (χ1n) is 8.73. The molecule has 2 aromatic carbocycles. The smallest absolute Gasteiger partial charge is 0.272 e. The summed E-state index contributed by atoms with van der Waals surface area (Å²) >= 11 is 0. The molecule has 0 heterocycles. The fourth-order valence-corrected chi connectivity index (χ4v) is 2.49. The molecule has 0 saturated carbocycles. The summed E-state index contributed by atoms with van der Waals surface area (Å²) in [4.78, 5) is 35.2. The van der Waals surface area contributed by atoms with Crippen molar-refractivity contribution < 1.29 is 14.5 Å². The van der Waals surface area contributed by atoms with Crippen LogP contribution < -0.4 is 10.7 Å². The molecule has 2 amide bonds. The van der Waals surface area contributed by atoms with Crippen molar-refractivity contribution in [3.63, 3.8) is 0 Å². The van der Waals surface area contributed by atoms with Crippen molar-refractivity contribution >= 4 is 23.7 Å². The number of nitrogens with zero attached hydrogens (tertiary/aromatic N) is 2. The summed E-state index contributed by atoms with van der Waals surface area (Å²) in [5.41, 5.74) is 3.83. The third-order valence-corrected chi connectivity index (χ3v) is 4.09. The largest absolute Gasteiger partial charge is 0.340 e. The van der Waals surface area contributed by atoms with E-state index in [1.165, 1.54) is 12.3 Å². The minimum absolute atomic E-state index is 0.0227. The molecule has 8 heteroatoms. The maximum atomic E-state index is 12.4. The molecule has 2 N–H and O–H groups in total. The number of rotatable bonds is 7. The molecule has 1 unspecified atom stereocenters. The summed E-state index contributed by atoms with van der Waals surface area (Å²) < 4.78 is 0. The Morgan fingerprint density at radius 3 is 2.43 bits per heavy atom. The van der Waals surface area contributed by atoms with Crippen molar-refractivity contribution in [1.82, 2.24) is 10.7 Å². The second-order valence-corrected chi connectivity index (χ2v) is 6.60. The number of aryl methyl sites for hydroxylation is 1. The summed E-state index contributed by atoms with van der Waals surface area (Å²) in [5, 5.41) is 17.5. The molecule has 0 aliphatic rings. The number of nitrogens with one attached hydrogen (secondary N) is 2. The molecule has 0 aliphatic carbocycles. The number of hydrazone groups is 1. The van der Waals surface area contributed by atoms with Gasteiger partial charge in [-0.15, -0.1) is 0 Å². The van der Waals surface area contributed by atoms with Crippen molar-refractivity contribution in [2.75, 3.05) is 0 Å². The van der Waals surface area contributed by atoms with Gasteiger partial charge in [0.05, 0.1) is 11.1 Å². The van der Waals surface area contributed by atoms with E-state index in [1.807, 2.05) is 13.8 Å². The normalized spacial score (nSPS) is 12.0. The summed E-state index contributed by atoms with van der Waals surface area (Å²) in [5.74, 6) is -0.993. The Morgan fingerprint density at radius 2 is 1.82 bits per heavy atom. The third-order valence-electron chi connectivity index (χ3n) is 4.09. The van der Waals surface area contributed by atoms with E-state index in [0.29, 0.717) is 16.7 Å². The predicted octanol–water partition coefficient (Wildman–Crippen LogP) is 2.81. The number of nitro groups is 1. The molecule has 0 aromatic heterocycles. The maximum Gasteiger partial charge on any atom is 0.272 e. The van der Waals surface area contributed by atoms with Gasteiger partial charge in [0.15, 0.2) is 0 Å². The summed E-state index contributed by atoms with van der Waals surface area (Å²) in [6.45, 7) is 5.26. The molecule has 2 rings (SSSR count). The Labute approximate surface area is 162 Å². The van der Waals surface area contributed by atoms with E-state index in [9.17, 15) is 19.7 Å². The zero-order valence-corrected chi connectivity index (χ0v) is 15.9. The van der Waals surface area contributed by atoms with Crippen molar-refractivity contribution in [2.45, 2.75) is 26.8 Å². The minimum atomic E-state index is -0.780. The quantitative estimate of drug-likeness (QED) is 0.435. The third kappa shape index (κ3) is 5.47. The molecule has 0 radical (unpaired) electrons. The van der Waals surface area contributed by atoms with Gasteiger partial charge < -0.3 is 5.32 Å².